The Morgan fingerprint density at radius 3 is 1.33 bits per heavy atom. The maximum atomic E-state index is 4.52. The summed E-state index contributed by atoms with van der Waals surface area (Å²) in [5.74, 6) is 0. The van der Waals surface area contributed by atoms with Crippen LogP contribution in [-0.4, -0.2) is 0 Å². The van der Waals surface area contributed by atoms with Crippen LogP contribution >= 0.6 is 0 Å². The normalized spacial score (nSPS) is 8.67. The van der Waals surface area contributed by atoms with Crippen LogP contribution in [0.4, 0.5) is 0 Å². The van der Waals surface area contributed by atoms with E-state index in [-0.39, 0.29) is 20.4 Å². The molecular weight excluding hydrogens is 392 g/mol. The van der Waals surface area contributed by atoms with E-state index in [4.69, 9.17) is 0 Å². The molecule has 1 nitrogen and oxygen atoms in total. The van der Waals surface area contributed by atoms with Gasteiger partial charge in [-0.2, -0.15) is 0 Å². The summed E-state index contributed by atoms with van der Waals surface area (Å²) >= 11 is 0. The van der Waals surface area contributed by atoms with Crippen molar-refractivity contribution in [2.24, 2.45) is 0 Å². The Morgan fingerprint density at radius 1 is 0.611 bits per heavy atom. The molecule has 0 saturated carbocycles. The molecule has 2 heteroatoms. The van der Waals surface area contributed by atoms with Crippen molar-refractivity contribution < 1.29 is 20.4 Å². The molecule has 0 fully saturated rings. The van der Waals surface area contributed by atoms with E-state index in [0.717, 1.165) is 11.0 Å². The molecule has 0 aliphatic rings. The van der Waals surface area contributed by atoms with E-state index in [1.54, 1.807) is 0 Å². The summed E-state index contributed by atoms with van der Waals surface area (Å²) in [6.45, 7) is 8.00. The van der Waals surface area contributed by atoms with Crippen molar-refractivity contribution in [3.63, 3.8) is 0 Å². The summed E-state index contributed by atoms with van der Waals surface area (Å²) in [5, 5.41) is 2.50. The van der Waals surface area contributed by atoms with Crippen molar-refractivity contribution in [2.45, 2.75) is 27.7 Å². The molecule has 2 aromatic carbocycles. The topological polar surface area (TPSA) is 14.1 Å². The van der Waals surface area contributed by atoms with Crippen LogP contribution in [0.5, 0.6) is 0 Å². The Bertz CT molecular complexity index is 519. The van der Waals surface area contributed by atoms with Crippen molar-refractivity contribution >= 4 is 21.8 Å². The zero-order valence-corrected chi connectivity index (χ0v) is 14.2. The van der Waals surface area contributed by atoms with Gasteiger partial charge in [0.2, 0.25) is 0 Å². The molecule has 18 heavy (non-hydrogen) atoms. The summed E-state index contributed by atoms with van der Waals surface area (Å²) in [5.41, 5.74) is 2.17. The number of aromatic nitrogens is 1. The van der Waals surface area contributed by atoms with Crippen molar-refractivity contribution in [1.29, 1.82) is 0 Å². The van der Waals surface area contributed by atoms with E-state index in [9.17, 15) is 0 Å². The van der Waals surface area contributed by atoms with Gasteiger partial charge in [-0.25, -0.2) is 0 Å². The van der Waals surface area contributed by atoms with E-state index in [0.29, 0.717) is 0 Å². The SMILES string of the molecule is CC.CC.[Re].c1ccc2c(c1)[n-]c1ccccc12. The molecule has 3 aromatic rings. The zero-order valence-electron chi connectivity index (χ0n) is 11.4. The van der Waals surface area contributed by atoms with Crippen LogP contribution in [0.3, 0.4) is 0 Å². The van der Waals surface area contributed by atoms with Crippen LogP contribution in [0, 0.1) is 0 Å². The Hall–Kier alpha value is -1.10. The summed E-state index contributed by atoms with van der Waals surface area (Å²) in [4.78, 5) is 4.52. The third kappa shape index (κ3) is 3.45. The smallest absolute Gasteiger partial charge is 0 e. The van der Waals surface area contributed by atoms with E-state index in [1.165, 1.54) is 10.8 Å². The van der Waals surface area contributed by atoms with Crippen LogP contribution in [0.1, 0.15) is 27.7 Å². The molecule has 97 valence electrons. The van der Waals surface area contributed by atoms with Gasteiger partial charge in [-0.3, -0.25) is 0 Å². The zero-order chi connectivity index (χ0) is 12.7. The predicted molar refractivity (Wildman–Crippen MR) is 77.5 cm³/mol. The summed E-state index contributed by atoms with van der Waals surface area (Å²) in [6, 6.07) is 16.5. The van der Waals surface area contributed by atoms with Gasteiger partial charge >= 0.3 is 0 Å². The molecule has 0 spiro atoms. The van der Waals surface area contributed by atoms with Crippen LogP contribution < -0.4 is 4.98 Å². The molecule has 0 unspecified atom stereocenters. The number of fused-ring (bicyclic) bond motifs is 3. The van der Waals surface area contributed by atoms with E-state index < -0.39 is 0 Å². The third-order valence-electron chi connectivity index (χ3n) is 2.34. The molecule has 0 aliphatic carbocycles. The first-order valence-corrected chi connectivity index (χ1v) is 6.35. The van der Waals surface area contributed by atoms with Crippen LogP contribution in [0.25, 0.3) is 21.8 Å². The number of hydrogen-bond donors (Lipinski definition) is 0. The summed E-state index contributed by atoms with van der Waals surface area (Å²) in [7, 11) is 0. The number of benzene rings is 2. The Labute approximate surface area is 123 Å². The van der Waals surface area contributed by atoms with Crippen molar-refractivity contribution in [1.82, 2.24) is 4.98 Å². The third-order valence-corrected chi connectivity index (χ3v) is 2.34. The Kier molecular flexibility index (Phi) is 8.37. The maximum Gasteiger partial charge on any atom is 0 e. The van der Waals surface area contributed by atoms with Gasteiger partial charge in [0.15, 0.2) is 0 Å². The molecule has 0 N–H and O–H groups in total. The molecule has 0 bridgehead atoms. The Balaban J connectivity index is 0.000000531. The average Bonchev–Trinajstić information content (AvgIpc) is 2.82. The minimum absolute atomic E-state index is 0. The molecular formula is C16H20NRe-. The Morgan fingerprint density at radius 2 is 0.944 bits per heavy atom. The minimum Gasteiger partial charge on any atom is -0.657 e. The first-order valence-electron chi connectivity index (χ1n) is 6.35. The summed E-state index contributed by atoms with van der Waals surface area (Å²) < 4.78 is 0. The van der Waals surface area contributed by atoms with Gasteiger partial charge in [0, 0.05) is 20.4 Å². The number of para-hydroxylation sites is 2. The molecule has 1 radical (unpaired) electrons. The quantitative estimate of drug-likeness (QED) is 0.507. The fraction of sp³-hybridized carbons (Fsp3) is 0.250. The van der Waals surface area contributed by atoms with Gasteiger partial charge in [-0.1, -0.05) is 76.2 Å². The van der Waals surface area contributed by atoms with Crippen molar-refractivity contribution in [3.05, 3.63) is 48.5 Å². The van der Waals surface area contributed by atoms with Crippen molar-refractivity contribution in [3.8, 4) is 0 Å². The molecule has 0 atom stereocenters. The first kappa shape index (κ1) is 16.9. The first-order chi connectivity index (χ1) is 8.45. The van der Waals surface area contributed by atoms with E-state index in [1.807, 2.05) is 39.8 Å². The number of nitrogens with zero attached hydrogens (tertiary/aromatic N) is 1. The van der Waals surface area contributed by atoms with Gasteiger partial charge in [0.1, 0.15) is 0 Å². The van der Waals surface area contributed by atoms with Gasteiger partial charge in [-0.05, 0) is 10.8 Å². The number of rotatable bonds is 0. The summed E-state index contributed by atoms with van der Waals surface area (Å²) in [6.07, 6.45) is 0. The maximum absolute atomic E-state index is 4.52. The van der Waals surface area contributed by atoms with Gasteiger partial charge < -0.3 is 4.98 Å². The molecule has 0 saturated heterocycles. The number of hydrogen-bond acceptors (Lipinski definition) is 0. The second kappa shape index (κ2) is 8.92. The van der Waals surface area contributed by atoms with E-state index in [2.05, 4.69) is 41.4 Å². The standard InChI is InChI=1S/C12H8N.2C2H6.Re/c1-3-7-11-9(5-1)10-6-2-4-8-12(10)13-11;2*1-2;/h1-8H;2*1-2H3;/q-1;;;. The largest absolute Gasteiger partial charge is 0.657 e. The average molecular weight is 413 g/mol. The molecule has 0 aliphatic heterocycles. The van der Waals surface area contributed by atoms with Gasteiger partial charge in [0.05, 0.1) is 0 Å². The van der Waals surface area contributed by atoms with Crippen LogP contribution in [-0.2, 0) is 20.4 Å². The van der Waals surface area contributed by atoms with E-state index >= 15 is 0 Å². The van der Waals surface area contributed by atoms with Crippen molar-refractivity contribution in [2.75, 3.05) is 0 Å². The molecule has 3 rings (SSSR count). The van der Waals surface area contributed by atoms with Gasteiger partial charge in [-0.15, -0.1) is 11.0 Å². The molecule has 0 amide bonds. The van der Waals surface area contributed by atoms with Gasteiger partial charge in [0.25, 0.3) is 0 Å². The molecule has 1 heterocycles. The van der Waals surface area contributed by atoms with Crippen LogP contribution in [0.15, 0.2) is 48.5 Å². The van der Waals surface area contributed by atoms with Crippen LogP contribution in [0.2, 0.25) is 0 Å². The predicted octanol–water partition coefficient (Wildman–Crippen LogP) is 5.00. The fourth-order valence-electron chi connectivity index (χ4n) is 1.73. The molecule has 1 aromatic heterocycles. The second-order valence-electron chi connectivity index (χ2n) is 3.15. The minimum atomic E-state index is 0. The monoisotopic (exact) mass is 413 g/mol. The fourth-order valence-corrected chi connectivity index (χ4v) is 1.73. The second-order valence-corrected chi connectivity index (χ2v) is 3.15.